The van der Waals surface area contributed by atoms with E-state index >= 15 is 0 Å². The van der Waals surface area contributed by atoms with E-state index in [9.17, 15) is 9.59 Å². The lowest BCUT2D eigenvalue weighted by atomic mass is 10.3. The van der Waals surface area contributed by atoms with Crippen LogP contribution >= 0.6 is 23.4 Å². The van der Waals surface area contributed by atoms with E-state index < -0.39 is 0 Å². The fraction of sp³-hybridized carbons (Fsp3) is 0.550. The van der Waals surface area contributed by atoms with Gasteiger partial charge in [-0.15, -0.1) is 11.8 Å². The highest BCUT2D eigenvalue weighted by Crippen LogP contribution is 2.19. The molecule has 29 heavy (non-hydrogen) atoms. The molecule has 1 unspecified atom stereocenters. The zero-order valence-electron chi connectivity index (χ0n) is 17.3. The van der Waals surface area contributed by atoms with Crippen molar-refractivity contribution in [2.24, 2.45) is 4.99 Å². The van der Waals surface area contributed by atoms with Gasteiger partial charge < -0.3 is 20.4 Å². The highest BCUT2D eigenvalue weighted by molar-refractivity contribution is 7.99. The Hall–Kier alpha value is -1.93. The lowest BCUT2D eigenvalue weighted by molar-refractivity contribution is -0.130. The predicted octanol–water partition coefficient (Wildman–Crippen LogP) is 2.07. The molecule has 0 bridgehead atoms. The highest BCUT2D eigenvalue weighted by Gasteiger charge is 2.25. The molecule has 9 heteroatoms. The number of nitrogens with zero attached hydrogens (tertiary/aromatic N) is 3. The Balaban J connectivity index is 1.87. The summed E-state index contributed by atoms with van der Waals surface area (Å²) in [6.45, 7) is 4.06. The van der Waals surface area contributed by atoms with E-state index in [0.717, 1.165) is 28.6 Å². The molecule has 1 saturated heterocycles. The van der Waals surface area contributed by atoms with Crippen molar-refractivity contribution >= 4 is 41.1 Å². The Morgan fingerprint density at radius 3 is 2.69 bits per heavy atom. The number of halogens is 1. The van der Waals surface area contributed by atoms with Crippen LogP contribution in [0.1, 0.15) is 19.8 Å². The van der Waals surface area contributed by atoms with Gasteiger partial charge in [0.15, 0.2) is 5.96 Å². The van der Waals surface area contributed by atoms with Gasteiger partial charge in [-0.2, -0.15) is 0 Å². The first-order chi connectivity index (χ1) is 13.9. The number of thioether (sulfide) groups is 1. The quantitative estimate of drug-likeness (QED) is 0.280. The number of hydrogen-bond donors (Lipinski definition) is 2. The summed E-state index contributed by atoms with van der Waals surface area (Å²) in [6.07, 6.45) is 1.39. The molecule has 0 aromatic heterocycles. The van der Waals surface area contributed by atoms with Gasteiger partial charge in [0.2, 0.25) is 11.8 Å². The molecule has 2 N–H and O–H groups in total. The van der Waals surface area contributed by atoms with Crippen LogP contribution in [0.15, 0.2) is 34.2 Å². The van der Waals surface area contributed by atoms with E-state index in [-0.39, 0.29) is 24.4 Å². The molecule has 1 aromatic rings. The first-order valence-electron chi connectivity index (χ1n) is 9.80. The molecule has 1 heterocycles. The molecular formula is C20H30ClN5O2S. The maximum Gasteiger partial charge on any atom is 0.243 e. The monoisotopic (exact) mass is 439 g/mol. The van der Waals surface area contributed by atoms with Gasteiger partial charge in [0.25, 0.3) is 0 Å². The number of benzene rings is 1. The third-order valence-corrected chi connectivity index (χ3v) is 5.80. The van der Waals surface area contributed by atoms with Crippen molar-refractivity contribution in [1.82, 2.24) is 20.4 Å². The Kier molecular flexibility index (Phi) is 9.60. The van der Waals surface area contributed by atoms with Crippen molar-refractivity contribution in [3.8, 4) is 0 Å². The average Bonchev–Trinajstić information content (AvgIpc) is 3.18. The summed E-state index contributed by atoms with van der Waals surface area (Å²) in [4.78, 5) is 32.8. The van der Waals surface area contributed by atoms with Crippen molar-refractivity contribution in [3.05, 3.63) is 29.3 Å². The first-order valence-corrected chi connectivity index (χ1v) is 11.2. The molecule has 0 aliphatic carbocycles. The molecule has 2 rings (SSSR count). The number of carbonyl (C=O) groups excluding carboxylic acids is 2. The van der Waals surface area contributed by atoms with E-state index in [1.807, 2.05) is 36.1 Å². The number of hydrogen-bond acceptors (Lipinski definition) is 4. The van der Waals surface area contributed by atoms with E-state index in [4.69, 9.17) is 11.6 Å². The zero-order chi connectivity index (χ0) is 21.2. The maximum atomic E-state index is 11.9. The van der Waals surface area contributed by atoms with E-state index in [1.165, 1.54) is 4.90 Å². The second kappa shape index (κ2) is 11.9. The molecule has 7 nitrogen and oxygen atoms in total. The summed E-state index contributed by atoms with van der Waals surface area (Å²) in [6, 6.07) is 7.88. The summed E-state index contributed by atoms with van der Waals surface area (Å²) in [7, 11) is 3.43. The molecule has 2 amide bonds. The van der Waals surface area contributed by atoms with Crippen LogP contribution in [0.5, 0.6) is 0 Å². The number of guanidine groups is 1. The van der Waals surface area contributed by atoms with Gasteiger partial charge in [-0.1, -0.05) is 18.5 Å². The van der Waals surface area contributed by atoms with Crippen LogP contribution in [0.2, 0.25) is 5.02 Å². The van der Waals surface area contributed by atoms with Crippen LogP contribution in [-0.2, 0) is 9.59 Å². The fourth-order valence-electron chi connectivity index (χ4n) is 2.83. The molecule has 1 aliphatic rings. The van der Waals surface area contributed by atoms with Gasteiger partial charge in [0.1, 0.15) is 6.54 Å². The summed E-state index contributed by atoms with van der Waals surface area (Å²) >= 11 is 7.63. The van der Waals surface area contributed by atoms with Gasteiger partial charge in [-0.25, -0.2) is 4.99 Å². The lowest BCUT2D eigenvalue weighted by Gasteiger charge is -2.19. The minimum Gasteiger partial charge on any atom is -0.356 e. The van der Waals surface area contributed by atoms with Crippen molar-refractivity contribution < 1.29 is 9.59 Å². The number of likely N-dealkylation sites (tertiary alicyclic amines) is 1. The normalized spacial score (nSPS) is 16.6. The number of rotatable bonds is 8. The topological polar surface area (TPSA) is 77.0 Å². The Morgan fingerprint density at radius 2 is 2.03 bits per heavy atom. The molecule has 1 atom stereocenters. The molecular weight excluding hydrogens is 410 g/mol. The molecule has 1 fully saturated rings. The Bertz CT molecular complexity index is 711. The maximum absolute atomic E-state index is 11.9. The lowest BCUT2D eigenvalue weighted by Crippen LogP contribution is -2.46. The zero-order valence-corrected chi connectivity index (χ0v) is 18.9. The molecule has 1 aromatic carbocycles. The largest absolute Gasteiger partial charge is 0.356 e. The van der Waals surface area contributed by atoms with Crippen molar-refractivity contribution in [3.63, 3.8) is 0 Å². The van der Waals surface area contributed by atoms with Crippen LogP contribution < -0.4 is 10.6 Å². The summed E-state index contributed by atoms with van der Waals surface area (Å²) in [5, 5.41) is 7.40. The molecule has 1 aliphatic heterocycles. The Morgan fingerprint density at radius 1 is 1.31 bits per heavy atom. The molecule has 0 radical (unpaired) electrons. The van der Waals surface area contributed by atoms with E-state index in [1.54, 1.807) is 25.9 Å². The van der Waals surface area contributed by atoms with Crippen molar-refractivity contribution in [2.45, 2.75) is 30.7 Å². The van der Waals surface area contributed by atoms with Crippen molar-refractivity contribution in [1.29, 1.82) is 0 Å². The minimum absolute atomic E-state index is 0.0594. The third-order valence-electron chi connectivity index (χ3n) is 4.53. The van der Waals surface area contributed by atoms with E-state index in [2.05, 4.69) is 15.6 Å². The summed E-state index contributed by atoms with van der Waals surface area (Å²) in [5.74, 6) is 1.56. The SMILES string of the molecule is CCC(=O)N1CCC(NC(=NCC(=O)N(C)C)NCCSc2ccc(Cl)cc2)C1. The fourth-order valence-corrected chi connectivity index (χ4v) is 3.73. The third kappa shape index (κ3) is 8.14. The highest BCUT2D eigenvalue weighted by atomic mass is 35.5. The number of likely N-dealkylation sites (N-methyl/N-ethyl adjacent to an activating group) is 1. The number of amides is 2. The standard InChI is InChI=1S/C20H30ClN5O2S/c1-4-18(27)26-11-9-16(14-26)24-20(23-13-19(28)25(2)3)22-10-12-29-17-7-5-15(21)6-8-17/h5-8,16H,4,9-14H2,1-3H3,(H2,22,23,24). The second-order valence-corrected chi connectivity index (χ2v) is 8.61. The summed E-state index contributed by atoms with van der Waals surface area (Å²) in [5.41, 5.74) is 0. The first kappa shape index (κ1) is 23.3. The number of aliphatic imine (C=N–C) groups is 1. The van der Waals surface area contributed by atoms with Crippen molar-refractivity contribution in [2.75, 3.05) is 46.0 Å². The van der Waals surface area contributed by atoms with Crippen LogP contribution in [0.4, 0.5) is 0 Å². The Labute approximate surface area is 182 Å². The van der Waals surface area contributed by atoms with Crippen LogP contribution in [0, 0.1) is 0 Å². The van der Waals surface area contributed by atoms with E-state index in [0.29, 0.717) is 25.5 Å². The molecule has 0 spiro atoms. The van der Waals surface area contributed by atoms with Gasteiger partial charge >= 0.3 is 0 Å². The van der Waals surface area contributed by atoms with Crippen LogP contribution in [-0.4, -0.2) is 79.6 Å². The second-order valence-electron chi connectivity index (χ2n) is 7.01. The smallest absolute Gasteiger partial charge is 0.243 e. The summed E-state index contributed by atoms with van der Waals surface area (Å²) < 4.78 is 0. The van der Waals surface area contributed by atoms with Gasteiger partial charge in [0.05, 0.1) is 0 Å². The van der Waals surface area contributed by atoms with Gasteiger partial charge in [-0.3, -0.25) is 9.59 Å². The average molecular weight is 440 g/mol. The van der Waals surface area contributed by atoms with Gasteiger partial charge in [0, 0.05) is 61.9 Å². The molecule has 0 saturated carbocycles. The number of nitrogens with one attached hydrogen (secondary N) is 2. The predicted molar refractivity (Wildman–Crippen MR) is 120 cm³/mol. The van der Waals surface area contributed by atoms with Crippen LogP contribution in [0.25, 0.3) is 0 Å². The minimum atomic E-state index is -0.0594. The van der Waals surface area contributed by atoms with Crippen LogP contribution in [0.3, 0.4) is 0 Å². The molecule has 160 valence electrons. The number of carbonyl (C=O) groups is 2. The van der Waals surface area contributed by atoms with Gasteiger partial charge in [-0.05, 0) is 30.7 Å².